The van der Waals surface area contributed by atoms with Crippen LogP contribution in [-0.4, -0.2) is 46.2 Å². The minimum absolute atomic E-state index is 0.290. The van der Waals surface area contributed by atoms with Gasteiger partial charge in [0, 0.05) is 18.1 Å². The normalized spacial score (nSPS) is 14.7. The Labute approximate surface area is 135 Å². The highest BCUT2D eigenvalue weighted by molar-refractivity contribution is 5.90. The lowest BCUT2D eigenvalue weighted by Crippen LogP contribution is -2.29. The van der Waals surface area contributed by atoms with Crippen LogP contribution >= 0.6 is 0 Å². The summed E-state index contributed by atoms with van der Waals surface area (Å²) >= 11 is 0. The molecule has 2 atom stereocenters. The van der Waals surface area contributed by atoms with Crippen LogP contribution in [0.1, 0.15) is 32.4 Å². The first-order valence-electron chi connectivity index (χ1n) is 7.58. The lowest BCUT2D eigenvalue weighted by Gasteiger charge is -2.20. The number of hydrogen-bond acceptors (Lipinski definition) is 5. The second-order valence-electron chi connectivity index (χ2n) is 6.55. The highest BCUT2D eigenvalue weighted by Gasteiger charge is 2.21. The molecule has 0 aliphatic carbocycles. The van der Waals surface area contributed by atoms with Crippen molar-refractivity contribution in [3.05, 3.63) is 36.0 Å². The first kappa shape index (κ1) is 17.5. The molecule has 0 aliphatic heterocycles. The molecule has 1 aromatic carbocycles. The molecule has 1 heterocycles. The summed E-state index contributed by atoms with van der Waals surface area (Å²) in [5, 5.41) is 23.6. The van der Waals surface area contributed by atoms with Crippen LogP contribution in [0.4, 0.5) is 4.79 Å². The Balaban J connectivity index is 2.28. The Bertz CT molecular complexity index is 687. The number of aliphatic hydroxyl groups is 2. The van der Waals surface area contributed by atoms with Crippen molar-refractivity contribution in [2.75, 3.05) is 13.6 Å². The lowest BCUT2D eigenvalue weighted by atomic mass is 10.0. The predicted octanol–water partition coefficient (Wildman–Crippen LogP) is 2.04. The number of carbonyl (C=O) groups excluding carboxylic acids is 1. The number of fused-ring (bicyclic) bond motifs is 1. The largest absolute Gasteiger partial charge is 0.443 e. The maximum absolute atomic E-state index is 12.2. The van der Waals surface area contributed by atoms with Crippen LogP contribution in [-0.2, 0) is 4.74 Å². The van der Waals surface area contributed by atoms with Crippen molar-refractivity contribution in [2.24, 2.45) is 0 Å². The fraction of sp³-hybridized carbons (Fsp3) is 0.471. The van der Waals surface area contributed by atoms with E-state index in [4.69, 9.17) is 4.74 Å². The molecule has 0 aliphatic rings. The minimum Gasteiger partial charge on any atom is -0.443 e. The van der Waals surface area contributed by atoms with E-state index in [1.54, 1.807) is 37.5 Å². The van der Waals surface area contributed by atoms with E-state index in [1.165, 1.54) is 4.57 Å². The summed E-state index contributed by atoms with van der Waals surface area (Å²) in [7, 11) is 1.71. The average molecular weight is 320 g/mol. The molecule has 2 rings (SSSR count). The zero-order chi connectivity index (χ0) is 17.2. The smallest absolute Gasteiger partial charge is 0.418 e. The van der Waals surface area contributed by atoms with E-state index in [2.05, 4.69) is 5.32 Å². The molecule has 0 bridgehead atoms. The fourth-order valence-electron chi connectivity index (χ4n) is 2.36. The number of nitrogens with zero attached hydrogens (tertiary/aromatic N) is 1. The summed E-state index contributed by atoms with van der Waals surface area (Å²) in [4.78, 5) is 12.2. The number of carbonyl (C=O) groups is 1. The van der Waals surface area contributed by atoms with Crippen molar-refractivity contribution in [1.82, 2.24) is 9.88 Å². The fourth-order valence-corrected chi connectivity index (χ4v) is 2.36. The number of benzene rings is 1. The summed E-state index contributed by atoms with van der Waals surface area (Å²) < 4.78 is 6.80. The van der Waals surface area contributed by atoms with Crippen LogP contribution < -0.4 is 5.32 Å². The van der Waals surface area contributed by atoms with E-state index in [1.807, 2.05) is 20.8 Å². The first-order chi connectivity index (χ1) is 10.7. The number of likely N-dealkylation sites (N-methyl/N-ethyl adjacent to an activating group) is 1. The van der Waals surface area contributed by atoms with Crippen molar-refractivity contribution in [3.63, 3.8) is 0 Å². The summed E-state index contributed by atoms with van der Waals surface area (Å²) in [5.74, 6) is 0. The third-order valence-electron chi connectivity index (χ3n) is 3.42. The van der Waals surface area contributed by atoms with Gasteiger partial charge in [0.25, 0.3) is 0 Å². The summed E-state index contributed by atoms with van der Waals surface area (Å²) in [5.41, 5.74) is 0.724. The van der Waals surface area contributed by atoms with Crippen molar-refractivity contribution in [1.29, 1.82) is 0 Å². The molecule has 2 unspecified atom stereocenters. The van der Waals surface area contributed by atoms with Crippen LogP contribution in [0.3, 0.4) is 0 Å². The van der Waals surface area contributed by atoms with E-state index in [-0.39, 0.29) is 6.54 Å². The summed E-state index contributed by atoms with van der Waals surface area (Å²) in [6.45, 7) is 5.73. The van der Waals surface area contributed by atoms with E-state index < -0.39 is 23.9 Å². The van der Waals surface area contributed by atoms with E-state index in [0.717, 1.165) is 5.39 Å². The SMILES string of the molecule is CNCC(O)C(O)c1ccc2c(ccn2C(=O)OC(C)(C)C)c1. The molecule has 0 radical (unpaired) electrons. The zero-order valence-electron chi connectivity index (χ0n) is 13.9. The number of hydrogen-bond donors (Lipinski definition) is 3. The van der Waals surface area contributed by atoms with E-state index in [9.17, 15) is 15.0 Å². The molecule has 0 spiro atoms. The number of aliphatic hydroxyl groups excluding tert-OH is 2. The topological polar surface area (TPSA) is 83.7 Å². The van der Waals surface area contributed by atoms with Gasteiger partial charge in [0.15, 0.2) is 0 Å². The maximum Gasteiger partial charge on any atom is 0.418 e. The molecule has 126 valence electrons. The second kappa shape index (κ2) is 6.70. The predicted molar refractivity (Wildman–Crippen MR) is 88.5 cm³/mol. The van der Waals surface area contributed by atoms with Gasteiger partial charge in [-0.3, -0.25) is 4.57 Å². The quantitative estimate of drug-likeness (QED) is 0.803. The zero-order valence-corrected chi connectivity index (χ0v) is 13.9. The average Bonchev–Trinajstić information content (AvgIpc) is 2.87. The monoisotopic (exact) mass is 320 g/mol. The standard InChI is InChI=1S/C17H24N2O4/c1-17(2,3)23-16(22)19-8-7-11-9-12(5-6-13(11)19)15(21)14(20)10-18-4/h5-9,14-15,18,20-21H,10H2,1-4H3. The third-order valence-corrected chi connectivity index (χ3v) is 3.42. The van der Waals surface area contributed by atoms with Gasteiger partial charge >= 0.3 is 6.09 Å². The van der Waals surface area contributed by atoms with Gasteiger partial charge in [-0.05, 0) is 51.6 Å². The van der Waals surface area contributed by atoms with Gasteiger partial charge in [-0.15, -0.1) is 0 Å². The van der Waals surface area contributed by atoms with E-state index >= 15 is 0 Å². The Morgan fingerprint density at radius 3 is 2.61 bits per heavy atom. The minimum atomic E-state index is -0.989. The van der Waals surface area contributed by atoms with Gasteiger partial charge in [-0.25, -0.2) is 4.79 Å². The molecule has 0 fully saturated rings. The maximum atomic E-state index is 12.2. The van der Waals surface area contributed by atoms with Crippen LogP contribution in [0, 0.1) is 0 Å². The molecule has 6 heteroatoms. The second-order valence-corrected chi connectivity index (χ2v) is 6.55. The summed E-state index contributed by atoms with van der Waals surface area (Å²) in [6, 6.07) is 6.98. The number of rotatable bonds is 4. The summed E-state index contributed by atoms with van der Waals surface area (Å²) in [6.07, 6.45) is -0.697. The van der Waals surface area contributed by atoms with Crippen molar-refractivity contribution < 1.29 is 19.7 Å². The van der Waals surface area contributed by atoms with Crippen molar-refractivity contribution in [2.45, 2.75) is 38.6 Å². The number of aromatic nitrogens is 1. The van der Waals surface area contributed by atoms with Crippen LogP contribution in [0.25, 0.3) is 10.9 Å². The van der Waals surface area contributed by atoms with Gasteiger partial charge < -0.3 is 20.3 Å². The highest BCUT2D eigenvalue weighted by atomic mass is 16.6. The molecule has 3 N–H and O–H groups in total. The van der Waals surface area contributed by atoms with Crippen molar-refractivity contribution in [3.8, 4) is 0 Å². The van der Waals surface area contributed by atoms with Gasteiger partial charge in [-0.2, -0.15) is 0 Å². The Morgan fingerprint density at radius 2 is 2.00 bits per heavy atom. The third kappa shape index (κ3) is 4.10. The van der Waals surface area contributed by atoms with Crippen LogP contribution in [0.5, 0.6) is 0 Å². The molecular formula is C17H24N2O4. The van der Waals surface area contributed by atoms with Crippen molar-refractivity contribution >= 4 is 17.0 Å². The Kier molecular flexibility index (Phi) is 5.09. The molecule has 0 amide bonds. The van der Waals surface area contributed by atoms with Gasteiger partial charge in [0.2, 0.25) is 0 Å². The van der Waals surface area contributed by atoms with Crippen LogP contribution in [0.2, 0.25) is 0 Å². The molecule has 2 aromatic rings. The first-order valence-corrected chi connectivity index (χ1v) is 7.58. The molecule has 0 saturated heterocycles. The van der Waals surface area contributed by atoms with Gasteiger partial charge in [0.1, 0.15) is 11.7 Å². The van der Waals surface area contributed by atoms with E-state index in [0.29, 0.717) is 11.1 Å². The van der Waals surface area contributed by atoms with Crippen LogP contribution in [0.15, 0.2) is 30.5 Å². The Hall–Kier alpha value is -1.89. The van der Waals surface area contributed by atoms with Gasteiger partial charge in [0.05, 0.1) is 11.6 Å². The van der Waals surface area contributed by atoms with Gasteiger partial charge in [-0.1, -0.05) is 6.07 Å². The molecular weight excluding hydrogens is 296 g/mol. The molecule has 23 heavy (non-hydrogen) atoms. The molecule has 6 nitrogen and oxygen atoms in total. The molecule has 1 aromatic heterocycles. The Morgan fingerprint density at radius 1 is 1.30 bits per heavy atom. The molecule has 0 saturated carbocycles. The highest BCUT2D eigenvalue weighted by Crippen LogP contribution is 2.24. The number of nitrogens with one attached hydrogen (secondary N) is 1. The number of ether oxygens (including phenoxy) is 1. The lowest BCUT2D eigenvalue weighted by molar-refractivity contribution is 0.0203.